The Morgan fingerprint density at radius 3 is 2.52 bits per heavy atom. The van der Waals surface area contributed by atoms with Crippen LogP contribution in [0.5, 0.6) is 0 Å². The molecular weight excluding hydrogens is 273 g/mol. The molecule has 0 fully saturated rings. The molecule has 0 spiro atoms. The molecule has 0 aromatic heterocycles. The summed E-state index contributed by atoms with van der Waals surface area (Å²) in [5.41, 5.74) is 0.233. The lowest BCUT2D eigenvalue weighted by Crippen LogP contribution is -2.27. The molecule has 0 bridgehead atoms. The third-order valence-electron chi connectivity index (χ3n) is 2.62. The van der Waals surface area contributed by atoms with E-state index in [1.54, 1.807) is 20.8 Å². The lowest BCUT2D eigenvalue weighted by Gasteiger charge is -2.20. The number of Topliss-reactive ketones (excluding diaryl/α,β-unsaturated/α-hetero) is 1. The second-order valence-corrected chi connectivity index (χ2v) is 5.89. The first-order valence-corrected chi connectivity index (χ1v) is 7.01. The topological polar surface area (TPSA) is 55.4 Å². The quantitative estimate of drug-likeness (QED) is 0.890. The fraction of sp³-hybridized carbons (Fsp3) is 0.500. The number of hydrogen-bond donors (Lipinski definition) is 1. The Bertz CT molecular complexity index is 521. The molecule has 0 atom stereocenters. The first-order chi connectivity index (χ1) is 9.71. The van der Waals surface area contributed by atoms with Gasteiger partial charge in [0.25, 0.3) is 0 Å². The van der Waals surface area contributed by atoms with Crippen LogP contribution < -0.4 is 5.32 Å². The maximum atomic E-state index is 13.3. The van der Waals surface area contributed by atoms with Crippen LogP contribution in [0.4, 0.5) is 14.9 Å². The van der Waals surface area contributed by atoms with Crippen LogP contribution in [0.2, 0.25) is 0 Å². The van der Waals surface area contributed by atoms with E-state index in [1.165, 1.54) is 18.2 Å². The van der Waals surface area contributed by atoms with Crippen LogP contribution in [-0.2, 0) is 16.0 Å². The molecular formula is C16H22FNO3. The van der Waals surface area contributed by atoms with Crippen LogP contribution in [0.3, 0.4) is 0 Å². The number of anilines is 1. The predicted octanol–water partition coefficient (Wildman–Crippen LogP) is 4.08. The first kappa shape index (κ1) is 17.1. The van der Waals surface area contributed by atoms with Gasteiger partial charge in [0, 0.05) is 18.5 Å². The van der Waals surface area contributed by atoms with E-state index in [2.05, 4.69) is 5.32 Å². The molecule has 1 aromatic carbocycles. The Labute approximate surface area is 124 Å². The number of halogens is 1. The molecule has 0 unspecified atom stereocenters. The molecule has 1 rings (SSSR count). The van der Waals surface area contributed by atoms with Crippen molar-refractivity contribution < 1.29 is 18.7 Å². The highest BCUT2D eigenvalue weighted by Gasteiger charge is 2.18. The first-order valence-electron chi connectivity index (χ1n) is 7.01. The fourth-order valence-corrected chi connectivity index (χ4v) is 1.82. The Kier molecular flexibility index (Phi) is 5.88. The van der Waals surface area contributed by atoms with Gasteiger partial charge in [-0.1, -0.05) is 6.92 Å². The lowest BCUT2D eigenvalue weighted by molar-refractivity contribution is -0.118. The predicted molar refractivity (Wildman–Crippen MR) is 79.9 cm³/mol. The second kappa shape index (κ2) is 7.20. The summed E-state index contributed by atoms with van der Waals surface area (Å²) in [6.07, 6.45) is 0.639. The Morgan fingerprint density at radius 1 is 1.29 bits per heavy atom. The average Bonchev–Trinajstić information content (AvgIpc) is 2.30. The van der Waals surface area contributed by atoms with E-state index in [1.807, 2.05) is 6.92 Å². The summed E-state index contributed by atoms with van der Waals surface area (Å²) >= 11 is 0. The molecule has 1 N–H and O–H groups in total. The molecule has 0 aliphatic carbocycles. The van der Waals surface area contributed by atoms with Gasteiger partial charge in [0.15, 0.2) is 0 Å². The zero-order valence-corrected chi connectivity index (χ0v) is 13.0. The van der Waals surface area contributed by atoms with E-state index in [0.717, 1.165) is 6.42 Å². The molecule has 116 valence electrons. The number of carbonyl (C=O) groups excluding carboxylic acids is 2. The maximum Gasteiger partial charge on any atom is 0.412 e. The number of nitrogens with one attached hydrogen (secondary N) is 1. The Morgan fingerprint density at radius 2 is 1.95 bits per heavy atom. The van der Waals surface area contributed by atoms with Gasteiger partial charge in [-0.05, 0) is 51.0 Å². The summed E-state index contributed by atoms with van der Waals surface area (Å²) in [7, 11) is 0. The molecule has 0 saturated carbocycles. The average molecular weight is 295 g/mol. The largest absolute Gasteiger partial charge is 0.444 e. The SMILES string of the molecule is CCCC(=O)Cc1cc(F)ccc1NC(=O)OC(C)(C)C. The van der Waals surface area contributed by atoms with Gasteiger partial charge in [0.2, 0.25) is 0 Å². The molecule has 0 aliphatic rings. The van der Waals surface area contributed by atoms with Crippen molar-refractivity contribution in [1.29, 1.82) is 0 Å². The standard InChI is InChI=1S/C16H22FNO3/c1-5-6-13(19)10-11-9-12(17)7-8-14(11)18-15(20)21-16(2,3)4/h7-9H,5-6,10H2,1-4H3,(H,18,20). The number of ether oxygens (including phenoxy) is 1. The minimum Gasteiger partial charge on any atom is -0.444 e. The van der Waals surface area contributed by atoms with Gasteiger partial charge >= 0.3 is 6.09 Å². The van der Waals surface area contributed by atoms with Crippen LogP contribution in [0.25, 0.3) is 0 Å². The van der Waals surface area contributed by atoms with Gasteiger partial charge < -0.3 is 4.74 Å². The van der Waals surface area contributed by atoms with E-state index in [0.29, 0.717) is 17.7 Å². The zero-order valence-electron chi connectivity index (χ0n) is 13.0. The van der Waals surface area contributed by atoms with E-state index in [-0.39, 0.29) is 12.2 Å². The van der Waals surface area contributed by atoms with Crippen molar-refractivity contribution in [2.75, 3.05) is 5.32 Å². The number of hydrogen-bond acceptors (Lipinski definition) is 3. The summed E-state index contributed by atoms with van der Waals surface area (Å²) in [4.78, 5) is 23.5. The Hall–Kier alpha value is -1.91. The number of amides is 1. The van der Waals surface area contributed by atoms with E-state index in [4.69, 9.17) is 4.74 Å². The molecule has 0 aliphatic heterocycles. The zero-order chi connectivity index (χ0) is 16.0. The van der Waals surface area contributed by atoms with Crippen LogP contribution in [0.15, 0.2) is 18.2 Å². The van der Waals surface area contributed by atoms with Crippen molar-refractivity contribution in [3.05, 3.63) is 29.6 Å². The van der Waals surface area contributed by atoms with Gasteiger partial charge in [-0.15, -0.1) is 0 Å². The summed E-state index contributed by atoms with van der Waals surface area (Å²) in [6.45, 7) is 7.16. The number of benzene rings is 1. The maximum absolute atomic E-state index is 13.3. The summed E-state index contributed by atoms with van der Waals surface area (Å²) in [5.74, 6) is -0.431. The van der Waals surface area contributed by atoms with Crippen LogP contribution >= 0.6 is 0 Å². The van der Waals surface area contributed by atoms with Crippen molar-refractivity contribution in [2.45, 2.75) is 52.6 Å². The van der Waals surface area contributed by atoms with Crippen LogP contribution in [0, 0.1) is 5.82 Å². The van der Waals surface area contributed by atoms with Crippen LogP contribution in [-0.4, -0.2) is 17.5 Å². The highest BCUT2D eigenvalue weighted by Crippen LogP contribution is 2.20. The van der Waals surface area contributed by atoms with Crippen LogP contribution in [0.1, 0.15) is 46.1 Å². The summed E-state index contributed by atoms with van der Waals surface area (Å²) in [6, 6.07) is 3.94. The van der Waals surface area contributed by atoms with Crippen molar-refractivity contribution >= 4 is 17.6 Å². The third kappa shape index (κ3) is 6.38. The monoisotopic (exact) mass is 295 g/mol. The molecule has 1 aromatic rings. The molecule has 0 radical (unpaired) electrons. The highest BCUT2D eigenvalue weighted by molar-refractivity contribution is 5.88. The third-order valence-corrected chi connectivity index (χ3v) is 2.62. The Balaban J connectivity index is 2.86. The summed E-state index contributed by atoms with van der Waals surface area (Å²) in [5, 5.41) is 2.56. The molecule has 1 amide bonds. The van der Waals surface area contributed by atoms with Crippen molar-refractivity contribution in [3.63, 3.8) is 0 Å². The lowest BCUT2D eigenvalue weighted by atomic mass is 10.0. The summed E-state index contributed by atoms with van der Waals surface area (Å²) < 4.78 is 18.5. The minimum absolute atomic E-state index is 0.00957. The highest BCUT2D eigenvalue weighted by atomic mass is 19.1. The van der Waals surface area contributed by atoms with Crippen molar-refractivity contribution in [1.82, 2.24) is 0 Å². The van der Waals surface area contributed by atoms with Gasteiger partial charge in [0.1, 0.15) is 17.2 Å². The van der Waals surface area contributed by atoms with Crippen molar-refractivity contribution in [2.24, 2.45) is 0 Å². The normalized spacial score (nSPS) is 11.1. The molecule has 4 nitrogen and oxygen atoms in total. The molecule has 5 heteroatoms. The van der Waals surface area contributed by atoms with Gasteiger partial charge in [-0.3, -0.25) is 10.1 Å². The van der Waals surface area contributed by atoms with Crippen molar-refractivity contribution in [3.8, 4) is 0 Å². The van der Waals surface area contributed by atoms with Gasteiger partial charge in [-0.2, -0.15) is 0 Å². The number of ketones is 1. The second-order valence-electron chi connectivity index (χ2n) is 5.89. The number of carbonyl (C=O) groups is 2. The fourth-order valence-electron chi connectivity index (χ4n) is 1.82. The molecule has 0 saturated heterocycles. The molecule has 0 heterocycles. The minimum atomic E-state index is -0.627. The molecule has 21 heavy (non-hydrogen) atoms. The van der Waals surface area contributed by atoms with Gasteiger partial charge in [-0.25, -0.2) is 9.18 Å². The van der Waals surface area contributed by atoms with E-state index < -0.39 is 17.5 Å². The van der Waals surface area contributed by atoms with Gasteiger partial charge in [0.05, 0.1) is 0 Å². The number of rotatable bonds is 5. The smallest absolute Gasteiger partial charge is 0.412 e. The van der Waals surface area contributed by atoms with E-state index >= 15 is 0 Å². The van der Waals surface area contributed by atoms with E-state index in [9.17, 15) is 14.0 Å².